The number of aryl methyl sites for hydroxylation is 1. The molecule has 5 nitrogen and oxygen atoms in total. The first-order valence-corrected chi connectivity index (χ1v) is 8.27. The van der Waals surface area contributed by atoms with Crippen LogP contribution in [0.15, 0.2) is 42.7 Å². The Kier molecular flexibility index (Phi) is 4.76. The van der Waals surface area contributed by atoms with Gasteiger partial charge in [-0.25, -0.2) is 0 Å². The Morgan fingerprint density at radius 2 is 2.13 bits per heavy atom. The van der Waals surface area contributed by atoms with Crippen LogP contribution < -0.4 is 10.2 Å². The van der Waals surface area contributed by atoms with Gasteiger partial charge >= 0.3 is 0 Å². The highest BCUT2D eigenvalue weighted by Crippen LogP contribution is 2.26. The molecule has 0 bridgehead atoms. The third-order valence-corrected chi connectivity index (χ3v) is 4.65. The summed E-state index contributed by atoms with van der Waals surface area (Å²) in [6, 6.07) is 10.5. The Morgan fingerprint density at radius 3 is 2.91 bits per heavy atom. The number of amides is 1. The quantitative estimate of drug-likeness (QED) is 0.922. The van der Waals surface area contributed by atoms with Crippen molar-refractivity contribution in [2.45, 2.75) is 38.8 Å². The zero-order valence-corrected chi connectivity index (χ0v) is 13.8. The van der Waals surface area contributed by atoms with Gasteiger partial charge in [0.25, 0.3) is 0 Å². The molecule has 1 aromatic heterocycles. The molecule has 1 aliphatic heterocycles. The number of fused-ring (bicyclic) bond motifs is 1. The van der Waals surface area contributed by atoms with Gasteiger partial charge in [0.05, 0.1) is 12.6 Å². The second-order valence-electron chi connectivity index (χ2n) is 6.17. The van der Waals surface area contributed by atoms with E-state index >= 15 is 0 Å². The van der Waals surface area contributed by atoms with Gasteiger partial charge in [0, 0.05) is 30.7 Å². The molecule has 2 unspecified atom stereocenters. The first-order valence-electron chi connectivity index (χ1n) is 8.27. The maximum atomic E-state index is 12.6. The van der Waals surface area contributed by atoms with Crippen LogP contribution in [0.2, 0.25) is 0 Å². The number of hydrogen-bond acceptors (Lipinski definition) is 3. The minimum atomic E-state index is 0.136. The summed E-state index contributed by atoms with van der Waals surface area (Å²) in [5.41, 5.74) is 2.34. The maximum absolute atomic E-state index is 12.6. The fraction of sp³-hybridized carbons (Fsp3) is 0.444. The van der Waals surface area contributed by atoms with E-state index < -0.39 is 0 Å². The lowest BCUT2D eigenvalue weighted by atomic mass is 10.0. The van der Waals surface area contributed by atoms with E-state index in [-0.39, 0.29) is 18.0 Å². The predicted molar refractivity (Wildman–Crippen MR) is 91.5 cm³/mol. The molecule has 1 aliphatic rings. The average molecular weight is 312 g/mol. The van der Waals surface area contributed by atoms with E-state index in [1.165, 1.54) is 5.56 Å². The van der Waals surface area contributed by atoms with Crippen molar-refractivity contribution in [2.75, 3.05) is 18.0 Å². The molecule has 23 heavy (non-hydrogen) atoms. The molecular weight excluding hydrogens is 288 g/mol. The van der Waals surface area contributed by atoms with Crippen molar-refractivity contribution < 1.29 is 4.79 Å². The van der Waals surface area contributed by atoms with Crippen LogP contribution in [0.25, 0.3) is 0 Å². The topological polar surface area (TPSA) is 50.2 Å². The summed E-state index contributed by atoms with van der Waals surface area (Å²) in [5, 5.41) is 7.61. The van der Waals surface area contributed by atoms with Crippen molar-refractivity contribution in [3.63, 3.8) is 0 Å². The molecule has 0 aliphatic carbocycles. The van der Waals surface area contributed by atoms with Crippen LogP contribution in [0, 0.1) is 0 Å². The van der Waals surface area contributed by atoms with Crippen LogP contribution in [0.4, 0.5) is 5.69 Å². The van der Waals surface area contributed by atoms with Crippen LogP contribution in [0.1, 0.15) is 31.9 Å². The van der Waals surface area contributed by atoms with Crippen molar-refractivity contribution >= 4 is 11.6 Å². The summed E-state index contributed by atoms with van der Waals surface area (Å²) in [7, 11) is 0. The number of nitrogens with zero attached hydrogens (tertiary/aromatic N) is 3. The molecular formula is C18H24N4O. The van der Waals surface area contributed by atoms with Crippen molar-refractivity contribution in [1.82, 2.24) is 15.1 Å². The van der Waals surface area contributed by atoms with E-state index in [9.17, 15) is 4.79 Å². The van der Waals surface area contributed by atoms with Gasteiger partial charge in [0.1, 0.15) is 0 Å². The van der Waals surface area contributed by atoms with E-state index in [2.05, 4.69) is 30.3 Å². The largest absolute Gasteiger partial charge is 0.311 e. The smallest absolute Gasteiger partial charge is 0.240 e. The fourth-order valence-electron chi connectivity index (χ4n) is 3.06. The second-order valence-corrected chi connectivity index (χ2v) is 6.17. The number of carbonyl (C=O) groups is 1. The highest BCUT2D eigenvalue weighted by Gasteiger charge is 2.23. The zero-order chi connectivity index (χ0) is 16.2. The van der Waals surface area contributed by atoms with Crippen molar-refractivity contribution in [2.24, 2.45) is 0 Å². The van der Waals surface area contributed by atoms with Gasteiger partial charge in [-0.05, 0) is 44.4 Å². The monoisotopic (exact) mass is 312 g/mol. The fourth-order valence-corrected chi connectivity index (χ4v) is 3.06. The Labute approximate surface area is 137 Å². The average Bonchev–Trinajstić information content (AvgIpc) is 3.12. The van der Waals surface area contributed by atoms with E-state index in [1.807, 2.05) is 40.0 Å². The van der Waals surface area contributed by atoms with Crippen LogP contribution in [0.5, 0.6) is 0 Å². The molecule has 0 saturated carbocycles. The van der Waals surface area contributed by atoms with Gasteiger partial charge in [-0.2, -0.15) is 5.10 Å². The molecule has 0 spiro atoms. The van der Waals surface area contributed by atoms with Gasteiger partial charge in [0.2, 0.25) is 5.91 Å². The second kappa shape index (κ2) is 6.96. The summed E-state index contributed by atoms with van der Waals surface area (Å²) in [4.78, 5) is 14.5. The van der Waals surface area contributed by atoms with Gasteiger partial charge in [-0.3, -0.25) is 9.48 Å². The lowest BCUT2D eigenvalue weighted by Crippen LogP contribution is -2.44. The van der Waals surface area contributed by atoms with Crippen molar-refractivity contribution in [3.05, 3.63) is 48.3 Å². The summed E-state index contributed by atoms with van der Waals surface area (Å²) >= 11 is 0. The van der Waals surface area contributed by atoms with Gasteiger partial charge in [-0.15, -0.1) is 0 Å². The third-order valence-electron chi connectivity index (χ3n) is 4.65. The predicted octanol–water partition coefficient (Wildman–Crippen LogP) is 2.40. The minimum Gasteiger partial charge on any atom is -0.311 e. The van der Waals surface area contributed by atoms with Gasteiger partial charge in [-0.1, -0.05) is 18.2 Å². The van der Waals surface area contributed by atoms with E-state index in [0.717, 1.165) is 25.1 Å². The lowest BCUT2D eigenvalue weighted by molar-refractivity contribution is -0.118. The van der Waals surface area contributed by atoms with Crippen molar-refractivity contribution in [1.29, 1.82) is 0 Å². The molecule has 0 saturated heterocycles. The van der Waals surface area contributed by atoms with Crippen LogP contribution >= 0.6 is 0 Å². The Hall–Kier alpha value is -2.14. The Morgan fingerprint density at radius 1 is 1.30 bits per heavy atom. The normalized spacial score (nSPS) is 16.7. The first kappa shape index (κ1) is 15.7. The molecule has 0 radical (unpaired) electrons. The minimum absolute atomic E-state index is 0.136. The molecule has 1 amide bonds. The standard InChI is InChI=1S/C18H24N4O/c1-14(15(2)22-12-6-10-20-22)19-13-18(23)21-11-5-8-16-7-3-4-9-17(16)21/h3-4,6-7,9-10,12,14-15,19H,5,8,11,13H2,1-2H3. The van der Waals surface area contributed by atoms with Crippen LogP contribution in [0.3, 0.4) is 0 Å². The summed E-state index contributed by atoms with van der Waals surface area (Å²) < 4.78 is 1.92. The first-order chi connectivity index (χ1) is 11.2. The van der Waals surface area contributed by atoms with Crippen LogP contribution in [-0.2, 0) is 11.2 Å². The molecule has 2 heterocycles. The molecule has 3 rings (SSSR count). The van der Waals surface area contributed by atoms with E-state index in [0.29, 0.717) is 6.54 Å². The molecule has 1 N–H and O–H groups in total. The highest BCUT2D eigenvalue weighted by molar-refractivity contribution is 5.95. The summed E-state index contributed by atoms with van der Waals surface area (Å²) in [5.74, 6) is 0.136. The third kappa shape index (κ3) is 3.45. The van der Waals surface area contributed by atoms with Crippen molar-refractivity contribution in [3.8, 4) is 0 Å². The number of anilines is 1. The number of benzene rings is 1. The molecule has 0 fully saturated rings. The van der Waals surface area contributed by atoms with Crippen LogP contribution in [-0.4, -0.2) is 34.8 Å². The van der Waals surface area contributed by atoms with E-state index in [4.69, 9.17) is 0 Å². The Bertz CT molecular complexity index is 653. The lowest BCUT2D eigenvalue weighted by Gasteiger charge is -2.30. The molecule has 1 aromatic carbocycles. The maximum Gasteiger partial charge on any atom is 0.240 e. The Balaban J connectivity index is 1.60. The molecule has 122 valence electrons. The number of para-hydroxylation sites is 1. The number of aromatic nitrogens is 2. The highest BCUT2D eigenvalue weighted by atomic mass is 16.2. The molecule has 2 aromatic rings. The van der Waals surface area contributed by atoms with Gasteiger partial charge < -0.3 is 10.2 Å². The molecule has 2 atom stereocenters. The number of nitrogens with one attached hydrogen (secondary N) is 1. The summed E-state index contributed by atoms with van der Waals surface area (Å²) in [6.45, 7) is 5.34. The van der Waals surface area contributed by atoms with E-state index in [1.54, 1.807) is 6.20 Å². The number of carbonyl (C=O) groups excluding carboxylic acids is 1. The number of hydrogen-bond donors (Lipinski definition) is 1. The summed E-state index contributed by atoms with van der Waals surface area (Å²) in [6.07, 6.45) is 5.81. The van der Waals surface area contributed by atoms with Gasteiger partial charge in [0.15, 0.2) is 0 Å². The SMILES string of the molecule is CC(NCC(=O)N1CCCc2ccccc21)C(C)n1cccn1. The number of rotatable bonds is 5. The zero-order valence-electron chi connectivity index (χ0n) is 13.8. The molecule has 5 heteroatoms.